The van der Waals surface area contributed by atoms with Gasteiger partial charge in [-0.2, -0.15) is 0 Å². The fraction of sp³-hybridized carbons (Fsp3) is 0.400. The Labute approximate surface area is 149 Å². The number of anilines is 2. The molecular weight excluding hydrogens is 314 g/mol. The summed E-state index contributed by atoms with van der Waals surface area (Å²) in [6.45, 7) is 6.92. The van der Waals surface area contributed by atoms with E-state index in [1.54, 1.807) is 6.20 Å². The summed E-state index contributed by atoms with van der Waals surface area (Å²) in [5.74, 6) is 1.37. The summed E-state index contributed by atoms with van der Waals surface area (Å²) in [6.07, 6.45) is 4.09. The number of amides is 1. The molecule has 132 valence electrons. The normalized spacial score (nSPS) is 15.0. The van der Waals surface area contributed by atoms with Crippen molar-refractivity contribution in [2.24, 2.45) is 5.92 Å². The average molecular weight is 339 g/mol. The van der Waals surface area contributed by atoms with Gasteiger partial charge in [0.25, 0.3) is 5.91 Å². The fourth-order valence-electron chi connectivity index (χ4n) is 3.00. The zero-order valence-electron chi connectivity index (χ0n) is 14.9. The molecule has 25 heavy (non-hydrogen) atoms. The van der Waals surface area contributed by atoms with Crippen LogP contribution in [0.5, 0.6) is 5.75 Å². The van der Waals surface area contributed by atoms with E-state index in [0.29, 0.717) is 12.3 Å². The van der Waals surface area contributed by atoms with Gasteiger partial charge in [0.05, 0.1) is 6.61 Å². The molecule has 0 bridgehead atoms. The van der Waals surface area contributed by atoms with Gasteiger partial charge in [0.1, 0.15) is 11.4 Å². The van der Waals surface area contributed by atoms with Crippen molar-refractivity contribution in [3.63, 3.8) is 0 Å². The van der Waals surface area contributed by atoms with Gasteiger partial charge in [0.15, 0.2) is 0 Å². The lowest BCUT2D eigenvalue weighted by atomic mass is 9.99. The maximum atomic E-state index is 12.5. The largest absolute Gasteiger partial charge is 0.494 e. The third kappa shape index (κ3) is 4.50. The van der Waals surface area contributed by atoms with Crippen LogP contribution in [0.25, 0.3) is 0 Å². The molecule has 0 spiro atoms. The molecule has 3 rings (SSSR count). The number of aromatic nitrogens is 1. The first kappa shape index (κ1) is 17.3. The number of nitrogens with one attached hydrogen (secondary N) is 1. The first-order valence-corrected chi connectivity index (χ1v) is 8.91. The van der Waals surface area contributed by atoms with E-state index >= 15 is 0 Å². The number of ether oxygens (including phenoxy) is 1. The Bertz CT molecular complexity index is 707. The quantitative estimate of drug-likeness (QED) is 0.895. The zero-order valence-corrected chi connectivity index (χ0v) is 14.9. The van der Waals surface area contributed by atoms with Crippen molar-refractivity contribution in [3.05, 3.63) is 48.3 Å². The second-order valence-corrected chi connectivity index (χ2v) is 6.48. The highest BCUT2D eigenvalue weighted by Gasteiger charge is 2.17. The standard InChI is InChI=1S/C20H25N3O2/c1-3-25-18-6-4-16(5-7-18)22-20(24)19-14-17(8-11-21-19)23-12-9-15(2)10-13-23/h4-8,11,14-15H,3,9-10,12-13H2,1-2H3,(H,22,24). The highest BCUT2D eigenvalue weighted by Crippen LogP contribution is 2.23. The molecule has 5 nitrogen and oxygen atoms in total. The third-order valence-corrected chi connectivity index (χ3v) is 4.55. The number of benzene rings is 1. The predicted molar refractivity (Wildman–Crippen MR) is 100 cm³/mol. The summed E-state index contributed by atoms with van der Waals surface area (Å²) in [7, 11) is 0. The zero-order chi connectivity index (χ0) is 17.6. The number of nitrogens with zero attached hydrogens (tertiary/aromatic N) is 2. The van der Waals surface area contributed by atoms with Crippen molar-refractivity contribution >= 4 is 17.3 Å². The molecule has 2 heterocycles. The molecule has 0 atom stereocenters. The van der Waals surface area contributed by atoms with E-state index in [4.69, 9.17) is 4.74 Å². The Hall–Kier alpha value is -2.56. The Morgan fingerprint density at radius 2 is 1.96 bits per heavy atom. The van der Waals surface area contributed by atoms with Gasteiger partial charge >= 0.3 is 0 Å². The van der Waals surface area contributed by atoms with Crippen molar-refractivity contribution in [1.82, 2.24) is 4.98 Å². The van der Waals surface area contributed by atoms with E-state index in [1.807, 2.05) is 43.3 Å². The van der Waals surface area contributed by atoms with E-state index in [1.165, 1.54) is 12.8 Å². The molecule has 1 saturated heterocycles. The van der Waals surface area contributed by atoms with Gasteiger partial charge in [-0.1, -0.05) is 6.92 Å². The lowest BCUT2D eigenvalue weighted by Crippen LogP contribution is -2.33. The maximum absolute atomic E-state index is 12.5. The molecule has 5 heteroatoms. The van der Waals surface area contributed by atoms with Crippen LogP contribution in [0.3, 0.4) is 0 Å². The van der Waals surface area contributed by atoms with E-state index in [2.05, 4.69) is 22.1 Å². The van der Waals surface area contributed by atoms with Gasteiger partial charge < -0.3 is 15.0 Å². The van der Waals surface area contributed by atoms with Crippen LogP contribution in [-0.4, -0.2) is 30.6 Å². The molecule has 1 aliphatic heterocycles. The van der Waals surface area contributed by atoms with Crippen molar-refractivity contribution < 1.29 is 9.53 Å². The second kappa shape index (κ2) is 8.01. The molecule has 0 saturated carbocycles. The summed E-state index contributed by atoms with van der Waals surface area (Å²) in [6, 6.07) is 11.2. The lowest BCUT2D eigenvalue weighted by Gasteiger charge is -2.32. The minimum Gasteiger partial charge on any atom is -0.494 e. The number of carbonyl (C=O) groups excluding carboxylic acids is 1. The summed E-state index contributed by atoms with van der Waals surface area (Å²) in [4.78, 5) is 19.0. The van der Waals surface area contributed by atoms with Crippen molar-refractivity contribution in [3.8, 4) is 5.75 Å². The van der Waals surface area contributed by atoms with E-state index in [-0.39, 0.29) is 5.91 Å². The second-order valence-electron chi connectivity index (χ2n) is 6.48. The number of piperidine rings is 1. The van der Waals surface area contributed by atoms with Gasteiger partial charge in [-0.25, -0.2) is 0 Å². The highest BCUT2D eigenvalue weighted by atomic mass is 16.5. The molecule has 1 amide bonds. The van der Waals surface area contributed by atoms with Gasteiger partial charge in [-0.3, -0.25) is 9.78 Å². The van der Waals surface area contributed by atoms with Crippen LogP contribution in [0.1, 0.15) is 37.2 Å². The minimum absolute atomic E-state index is 0.198. The van der Waals surface area contributed by atoms with Gasteiger partial charge in [0.2, 0.25) is 0 Å². The van der Waals surface area contributed by atoms with Crippen molar-refractivity contribution in [2.75, 3.05) is 29.9 Å². The van der Waals surface area contributed by atoms with Crippen LogP contribution in [0.2, 0.25) is 0 Å². The topological polar surface area (TPSA) is 54.5 Å². The van der Waals surface area contributed by atoms with Crippen LogP contribution >= 0.6 is 0 Å². The summed E-state index contributed by atoms with van der Waals surface area (Å²) in [5, 5.41) is 2.89. The molecule has 0 radical (unpaired) electrons. The monoisotopic (exact) mass is 339 g/mol. The number of pyridine rings is 1. The van der Waals surface area contributed by atoms with Gasteiger partial charge in [-0.15, -0.1) is 0 Å². The first-order valence-electron chi connectivity index (χ1n) is 8.91. The van der Waals surface area contributed by atoms with E-state index in [0.717, 1.165) is 36.1 Å². The number of carbonyl (C=O) groups is 1. The Balaban J connectivity index is 1.66. The van der Waals surface area contributed by atoms with Crippen LogP contribution in [0.4, 0.5) is 11.4 Å². The molecule has 0 aliphatic carbocycles. The average Bonchev–Trinajstić information content (AvgIpc) is 2.64. The van der Waals surface area contributed by atoms with Crippen molar-refractivity contribution in [1.29, 1.82) is 0 Å². The van der Waals surface area contributed by atoms with Gasteiger partial charge in [-0.05, 0) is 62.1 Å². The van der Waals surface area contributed by atoms with Crippen LogP contribution < -0.4 is 15.0 Å². The third-order valence-electron chi connectivity index (χ3n) is 4.55. The van der Waals surface area contributed by atoms with Crippen LogP contribution in [0, 0.1) is 5.92 Å². The Kier molecular flexibility index (Phi) is 5.53. The van der Waals surface area contributed by atoms with E-state index < -0.39 is 0 Å². The number of hydrogen-bond acceptors (Lipinski definition) is 4. The minimum atomic E-state index is -0.198. The molecule has 1 N–H and O–H groups in total. The smallest absolute Gasteiger partial charge is 0.274 e. The summed E-state index contributed by atoms with van der Waals surface area (Å²) < 4.78 is 5.41. The lowest BCUT2D eigenvalue weighted by molar-refractivity contribution is 0.102. The molecule has 0 unspecified atom stereocenters. The highest BCUT2D eigenvalue weighted by molar-refractivity contribution is 6.03. The number of hydrogen-bond donors (Lipinski definition) is 1. The summed E-state index contributed by atoms with van der Waals surface area (Å²) >= 11 is 0. The maximum Gasteiger partial charge on any atom is 0.274 e. The molecular formula is C20H25N3O2. The van der Waals surface area contributed by atoms with E-state index in [9.17, 15) is 4.79 Å². The van der Waals surface area contributed by atoms with Crippen molar-refractivity contribution in [2.45, 2.75) is 26.7 Å². The molecule has 1 aliphatic rings. The Morgan fingerprint density at radius 1 is 1.24 bits per heavy atom. The fourth-order valence-corrected chi connectivity index (χ4v) is 3.00. The van der Waals surface area contributed by atoms with Crippen LogP contribution in [0.15, 0.2) is 42.6 Å². The molecule has 1 fully saturated rings. The molecule has 2 aromatic rings. The predicted octanol–water partition coefficient (Wildman–Crippen LogP) is 3.97. The molecule has 1 aromatic carbocycles. The number of rotatable bonds is 5. The summed E-state index contributed by atoms with van der Waals surface area (Å²) in [5.41, 5.74) is 2.23. The molecule has 1 aromatic heterocycles. The Morgan fingerprint density at radius 3 is 2.64 bits per heavy atom. The first-order chi connectivity index (χ1) is 12.2. The van der Waals surface area contributed by atoms with Crippen LogP contribution in [-0.2, 0) is 0 Å². The van der Waals surface area contributed by atoms with Gasteiger partial charge in [0, 0.05) is 30.7 Å². The SMILES string of the molecule is CCOc1ccc(NC(=O)c2cc(N3CCC(C)CC3)ccn2)cc1.